The number of fused-ring (bicyclic) bond motifs is 1. The highest BCUT2D eigenvalue weighted by Gasteiger charge is 2.13. The smallest absolute Gasteiger partial charge is 0.352 e. The summed E-state index contributed by atoms with van der Waals surface area (Å²) in [5.74, 6) is 0.200. The van der Waals surface area contributed by atoms with Crippen LogP contribution >= 0.6 is 0 Å². The maximum Gasteiger partial charge on any atom is 0.352 e. The van der Waals surface area contributed by atoms with E-state index in [2.05, 4.69) is 10.1 Å². The molecule has 1 heterocycles. The lowest BCUT2D eigenvalue weighted by Gasteiger charge is -2.19. The first kappa shape index (κ1) is 9.41. The summed E-state index contributed by atoms with van der Waals surface area (Å²) >= 11 is 0. The lowest BCUT2D eigenvalue weighted by Crippen LogP contribution is -2.18. The molecule has 0 aliphatic carbocycles. The summed E-state index contributed by atoms with van der Waals surface area (Å²) in [6.45, 7) is 1.35. The average Bonchev–Trinajstić information content (AvgIpc) is 2.29. The summed E-state index contributed by atoms with van der Waals surface area (Å²) in [7, 11) is 0. The maximum atomic E-state index is 11.3. The number of rotatable bonds is 1. The fourth-order valence-electron chi connectivity index (χ4n) is 1.38. The molecule has 1 aliphatic rings. The molecule has 0 radical (unpaired) electrons. The molecule has 1 aromatic rings. The molecule has 2 rings (SSSR count). The number of ether oxygens (including phenoxy) is 2. The van der Waals surface area contributed by atoms with E-state index in [-0.39, 0.29) is 0 Å². The fraction of sp³-hybridized carbons (Fsp3) is 0.182. The molecule has 0 saturated carbocycles. The Kier molecular flexibility index (Phi) is 2.46. The Morgan fingerprint density at radius 1 is 1.60 bits per heavy atom. The highest BCUT2D eigenvalue weighted by Crippen LogP contribution is 2.28. The Hall–Kier alpha value is -2.15. The molecule has 0 bridgehead atoms. The van der Waals surface area contributed by atoms with Crippen LogP contribution in [0.25, 0.3) is 0 Å². The predicted molar refractivity (Wildman–Crippen MR) is 54.7 cm³/mol. The van der Waals surface area contributed by atoms with Crippen molar-refractivity contribution in [1.29, 1.82) is 0 Å². The number of esters is 1. The van der Waals surface area contributed by atoms with Gasteiger partial charge in [0.2, 0.25) is 0 Å². The van der Waals surface area contributed by atoms with Crippen molar-refractivity contribution in [2.45, 2.75) is 0 Å². The molecular weight excluding hydrogens is 194 g/mol. The number of anilines is 1. The van der Waals surface area contributed by atoms with Gasteiger partial charge in [-0.1, -0.05) is 6.42 Å². The predicted octanol–water partition coefficient (Wildman–Crippen LogP) is 1.24. The van der Waals surface area contributed by atoms with E-state index in [1.807, 2.05) is 6.11 Å². The molecule has 1 aliphatic heterocycles. The van der Waals surface area contributed by atoms with Crippen LogP contribution in [0.15, 0.2) is 18.2 Å². The first-order valence-electron chi connectivity index (χ1n) is 4.49. The molecule has 0 saturated heterocycles. The Morgan fingerprint density at radius 2 is 2.47 bits per heavy atom. The van der Waals surface area contributed by atoms with Crippen molar-refractivity contribution in [1.82, 2.24) is 0 Å². The minimum Gasteiger partial charge on any atom is -0.490 e. The van der Waals surface area contributed by atoms with E-state index in [4.69, 9.17) is 11.2 Å². The zero-order valence-electron chi connectivity index (χ0n) is 7.95. The molecule has 0 atom stereocenters. The number of hydrogen-bond acceptors (Lipinski definition) is 4. The van der Waals surface area contributed by atoms with Gasteiger partial charge in [0.1, 0.15) is 18.5 Å². The molecule has 4 nitrogen and oxygen atoms in total. The van der Waals surface area contributed by atoms with E-state index < -0.39 is 5.97 Å². The standard InChI is InChI=1S/C11H9NO3/c1-2-14-11(13)8-3-4-10-9(7-8)12-5-6-15-10/h1,3-4,7,12H,5-6H2. The van der Waals surface area contributed by atoms with E-state index >= 15 is 0 Å². The van der Waals surface area contributed by atoms with Crippen molar-refractivity contribution in [3.63, 3.8) is 0 Å². The first-order chi connectivity index (χ1) is 7.31. The van der Waals surface area contributed by atoms with Crippen molar-refractivity contribution in [3.8, 4) is 18.3 Å². The van der Waals surface area contributed by atoms with Crippen LogP contribution in [0.2, 0.25) is 0 Å². The molecule has 0 amide bonds. The summed E-state index contributed by atoms with van der Waals surface area (Å²) < 4.78 is 9.80. The summed E-state index contributed by atoms with van der Waals surface area (Å²) in [6, 6.07) is 4.99. The SMILES string of the molecule is C#COC(=O)c1ccc2c(c1)NCCO2. The van der Waals surface area contributed by atoms with Crippen LogP contribution in [-0.2, 0) is 4.74 Å². The summed E-state index contributed by atoms with van der Waals surface area (Å²) in [6.07, 6.45) is 6.72. The fourth-order valence-corrected chi connectivity index (χ4v) is 1.38. The number of carbonyl (C=O) groups is 1. The molecule has 76 valence electrons. The van der Waals surface area contributed by atoms with Gasteiger partial charge in [-0.25, -0.2) is 4.79 Å². The van der Waals surface area contributed by atoms with Crippen molar-refractivity contribution in [3.05, 3.63) is 23.8 Å². The van der Waals surface area contributed by atoms with Gasteiger partial charge in [0.25, 0.3) is 0 Å². The third kappa shape index (κ3) is 1.86. The van der Waals surface area contributed by atoms with E-state index in [1.54, 1.807) is 18.2 Å². The molecular formula is C11H9NO3. The van der Waals surface area contributed by atoms with Gasteiger partial charge in [-0.2, -0.15) is 0 Å². The Balaban J connectivity index is 2.28. The van der Waals surface area contributed by atoms with Gasteiger partial charge in [-0.3, -0.25) is 0 Å². The van der Waals surface area contributed by atoms with E-state index in [0.29, 0.717) is 12.2 Å². The molecule has 4 heteroatoms. The second-order valence-electron chi connectivity index (χ2n) is 2.99. The molecule has 1 N–H and O–H groups in total. The third-order valence-corrected chi connectivity index (χ3v) is 2.04. The van der Waals surface area contributed by atoms with E-state index in [1.165, 1.54) is 0 Å². The summed E-state index contributed by atoms with van der Waals surface area (Å²) in [4.78, 5) is 11.3. The van der Waals surface area contributed by atoms with Crippen LogP contribution in [0.1, 0.15) is 10.4 Å². The first-order valence-corrected chi connectivity index (χ1v) is 4.49. The van der Waals surface area contributed by atoms with E-state index in [9.17, 15) is 4.79 Å². The van der Waals surface area contributed by atoms with E-state index in [0.717, 1.165) is 18.0 Å². The van der Waals surface area contributed by atoms with Gasteiger partial charge in [-0.05, 0) is 18.2 Å². The third-order valence-electron chi connectivity index (χ3n) is 2.04. The van der Waals surface area contributed by atoms with Gasteiger partial charge in [0, 0.05) is 6.54 Å². The Bertz CT molecular complexity index is 434. The van der Waals surface area contributed by atoms with Crippen LogP contribution in [0.4, 0.5) is 5.69 Å². The molecule has 0 spiro atoms. The average molecular weight is 203 g/mol. The normalized spacial score (nSPS) is 12.7. The van der Waals surface area contributed by atoms with Crippen LogP contribution in [0.5, 0.6) is 5.75 Å². The lowest BCUT2D eigenvalue weighted by molar-refractivity contribution is 0.0691. The highest BCUT2D eigenvalue weighted by atomic mass is 16.5. The van der Waals surface area contributed by atoms with Gasteiger partial charge < -0.3 is 14.8 Å². The molecule has 0 unspecified atom stereocenters. The minimum absolute atomic E-state index is 0.407. The largest absolute Gasteiger partial charge is 0.490 e. The van der Waals surface area contributed by atoms with Crippen LogP contribution in [-0.4, -0.2) is 19.1 Å². The van der Waals surface area contributed by atoms with Crippen molar-refractivity contribution in [2.24, 2.45) is 0 Å². The van der Waals surface area contributed by atoms with Gasteiger partial charge in [0.05, 0.1) is 11.3 Å². The monoisotopic (exact) mass is 203 g/mol. The number of nitrogens with one attached hydrogen (secondary N) is 1. The minimum atomic E-state index is -0.535. The zero-order chi connectivity index (χ0) is 10.7. The lowest BCUT2D eigenvalue weighted by atomic mass is 10.1. The van der Waals surface area contributed by atoms with Gasteiger partial charge in [-0.15, -0.1) is 0 Å². The molecule has 15 heavy (non-hydrogen) atoms. The summed E-state index contributed by atoms with van der Waals surface area (Å²) in [5.41, 5.74) is 1.19. The topological polar surface area (TPSA) is 47.6 Å². The van der Waals surface area contributed by atoms with Gasteiger partial charge in [0.15, 0.2) is 0 Å². The van der Waals surface area contributed by atoms with Crippen molar-refractivity contribution in [2.75, 3.05) is 18.5 Å². The molecule has 0 fully saturated rings. The van der Waals surface area contributed by atoms with Crippen LogP contribution < -0.4 is 10.1 Å². The Labute approximate surface area is 87.2 Å². The van der Waals surface area contributed by atoms with Crippen molar-refractivity contribution >= 4 is 11.7 Å². The zero-order valence-corrected chi connectivity index (χ0v) is 7.95. The second kappa shape index (κ2) is 3.93. The number of terminal acetylenes is 1. The maximum absolute atomic E-state index is 11.3. The van der Waals surface area contributed by atoms with Gasteiger partial charge >= 0.3 is 5.97 Å². The number of hydrogen-bond donors (Lipinski definition) is 1. The number of benzene rings is 1. The Morgan fingerprint density at radius 3 is 3.27 bits per heavy atom. The summed E-state index contributed by atoms with van der Waals surface area (Å²) in [5, 5.41) is 3.12. The molecule has 0 aromatic heterocycles. The van der Waals surface area contributed by atoms with Crippen molar-refractivity contribution < 1.29 is 14.3 Å². The molecule has 1 aromatic carbocycles. The second-order valence-corrected chi connectivity index (χ2v) is 2.99. The van der Waals surface area contributed by atoms with Crippen LogP contribution in [0, 0.1) is 12.5 Å². The van der Waals surface area contributed by atoms with Crippen LogP contribution in [0.3, 0.4) is 0 Å². The quantitative estimate of drug-likeness (QED) is 0.551. The number of carbonyl (C=O) groups excluding carboxylic acids is 1. The highest BCUT2D eigenvalue weighted by molar-refractivity contribution is 5.91.